The number of hydrogen-bond donors (Lipinski definition) is 1. The van der Waals surface area contributed by atoms with E-state index in [0.717, 1.165) is 11.1 Å². The Morgan fingerprint density at radius 3 is 2.61 bits per heavy atom. The number of nitrogens with one attached hydrogen (secondary N) is 1. The molecule has 0 unspecified atom stereocenters. The van der Waals surface area contributed by atoms with E-state index in [-0.39, 0.29) is 23.5 Å². The van der Waals surface area contributed by atoms with E-state index in [9.17, 15) is 9.59 Å². The van der Waals surface area contributed by atoms with Gasteiger partial charge < -0.3 is 9.73 Å². The molecule has 144 valence electrons. The summed E-state index contributed by atoms with van der Waals surface area (Å²) in [6.45, 7) is 3.36. The molecule has 0 aliphatic carbocycles. The van der Waals surface area contributed by atoms with Crippen molar-refractivity contribution in [1.82, 2.24) is 15.5 Å². The highest BCUT2D eigenvalue weighted by Gasteiger charge is 2.13. The number of carbonyl (C=O) groups is 2. The van der Waals surface area contributed by atoms with Gasteiger partial charge in [0.1, 0.15) is 0 Å². The van der Waals surface area contributed by atoms with Gasteiger partial charge >= 0.3 is 0 Å². The number of carbonyl (C=O) groups excluding carboxylic acids is 2. The van der Waals surface area contributed by atoms with Crippen LogP contribution < -0.4 is 5.32 Å². The van der Waals surface area contributed by atoms with Gasteiger partial charge in [0, 0.05) is 23.1 Å². The largest absolute Gasteiger partial charge is 0.411 e. The zero-order valence-electron chi connectivity index (χ0n) is 15.3. The number of rotatable bonds is 7. The van der Waals surface area contributed by atoms with Gasteiger partial charge in [0.05, 0.1) is 11.8 Å². The maximum atomic E-state index is 12.4. The number of aromatic nitrogens is 2. The van der Waals surface area contributed by atoms with Crippen molar-refractivity contribution in [3.63, 3.8) is 0 Å². The summed E-state index contributed by atoms with van der Waals surface area (Å²) >= 11 is 7.15. The van der Waals surface area contributed by atoms with E-state index in [2.05, 4.69) is 15.5 Å². The van der Waals surface area contributed by atoms with E-state index < -0.39 is 0 Å². The number of nitrogens with zero attached hydrogens (tertiary/aromatic N) is 2. The Hall–Kier alpha value is -2.64. The predicted octanol–water partition coefficient (Wildman–Crippen LogP) is 4.56. The molecular weight excluding hydrogens is 398 g/mol. The Morgan fingerprint density at radius 2 is 1.93 bits per heavy atom. The number of amides is 1. The third-order valence-electron chi connectivity index (χ3n) is 3.96. The number of halogens is 1. The fourth-order valence-corrected chi connectivity index (χ4v) is 3.41. The molecule has 0 saturated heterocycles. The minimum Gasteiger partial charge on any atom is -0.411 e. The number of benzene rings is 2. The molecule has 0 radical (unpaired) electrons. The molecule has 0 aliphatic rings. The smallest absolute Gasteiger partial charge is 0.277 e. The summed E-state index contributed by atoms with van der Waals surface area (Å²) in [4.78, 5) is 23.5. The molecular formula is C20H18ClN3O3S. The van der Waals surface area contributed by atoms with Crippen molar-refractivity contribution in [3.8, 4) is 11.5 Å². The number of ketones is 1. The van der Waals surface area contributed by atoms with Crippen molar-refractivity contribution < 1.29 is 14.0 Å². The van der Waals surface area contributed by atoms with Crippen LogP contribution >= 0.6 is 23.4 Å². The minimum absolute atomic E-state index is 0.0498. The summed E-state index contributed by atoms with van der Waals surface area (Å²) in [7, 11) is 0. The van der Waals surface area contributed by atoms with Gasteiger partial charge in [0.25, 0.3) is 5.22 Å². The molecule has 8 heteroatoms. The quantitative estimate of drug-likeness (QED) is 0.449. The number of Topliss-reactive ketones (excluding diaryl/α,β-unsaturated/α-hetero) is 1. The number of thioether (sulfide) groups is 1. The first-order valence-corrected chi connectivity index (χ1v) is 9.91. The van der Waals surface area contributed by atoms with E-state index in [0.29, 0.717) is 21.7 Å². The van der Waals surface area contributed by atoms with Crippen LogP contribution in [0.4, 0.5) is 0 Å². The lowest BCUT2D eigenvalue weighted by molar-refractivity contribution is -0.119. The second-order valence-electron chi connectivity index (χ2n) is 6.14. The van der Waals surface area contributed by atoms with Gasteiger partial charge in [0.2, 0.25) is 11.8 Å². The van der Waals surface area contributed by atoms with Crippen LogP contribution in [-0.4, -0.2) is 27.6 Å². The third-order valence-corrected chi connectivity index (χ3v) is 5.01. The Kier molecular flexibility index (Phi) is 6.49. The van der Waals surface area contributed by atoms with Crippen molar-refractivity contribution in [3.05, 3.63) is 64.7 Å². The summed E-state index contributed by atoms with van der Waals surface area (Å²) in [5.74, 6) is 0.387. The molecule has 0 aliphatic heterocycles. The van der Waals surface area contributed by atoms with Crippen LogP contribution in [0.25, 0.3) is 11.5 Å². The lowest BCUT2D eigenvalue weighted by Gasteiger charge is -2.13. The lowest BCUT2D eigenvalue weighted by atomic mass is 10.0. The molecule has 28 heavy (non-hydrogen) atoms. The molecule has 3 aromatic rings. The second-order valence-corrected chi connectivity index (χ2v) is 7.50. The molecule has 0 saturated carbocycles. The van der Waals surface area contributed by atoms with Crippen LogP contribution in [0.5, 0.6) is 0 Å². The predicted molar refractivity (Wildman–Crippen MR) is 108 cm³/mol. The molecule has 1 aromatic heterocycles. The Morgan fingerprint density at radius 1 is 1.18 bits per heavy atom. The van der Waals surface area contributed by atoms with Crippen LogP contribution in [0, 0.1) is 0 Å². The molecule has 0 spiro atoms. The zero-order chi connectivity index (χ0) is 20.1. The topological polar surface area (TPSA) is 85.1 Å². The molecule has 1 amide bonds. The number of hydrogen-bond acceptors (Lipinski definition) is 6. The zero-order valence-corrected chi connectivity index (χ0v) is 16.9. The van der Waals surface area contributed by atoms with Crippen molar-refractivity contribution in [2.24, 2.45) is 0 Å². The van der Waals surface area contributed by atoms with Gasteiger partial charge in [0.15, 0.2) is 5.78 Å². The maximum Gasteiger partial charge on any atom is 0.277 e. The Labute approximate surface area is 171 Å². The molecule has 0 bridgehead atoms. The first-order valence-electron chi connectivity index (χ1n) is 8.55. The normalized spacial score (nSPS) is 11.8. The fourth-order valence-electron chi connectivity index (χ4n) is 2.56. The van der Waals surface area contributed by atoms with E-state index in [1.54, 1.807) is 30.3 Å². The van der Waals surface area contributed by atoms with Crippen LogP contribution in [0.2, 0.25) is 5.02 Å². The van der Waals surface area contributed by atoms with Crippen molar-refractivity contribution >= 4 is 35.1 Å². The van der Waals surface area contributed by atoms with Crippen molar-refractivity contribution in [2.45, 2.75) is 25.1 Å². The summed E-state index contributed by atoms with van der Waals surface area (Å²) in [6, 6.07) is 14.2. The maximum absolute atomic E-state index is 12.4. The average molecular weight is 416 g/mol. The summed E-state index contributed by atoms with van der Waals surface area (Å²) < 4.78 is 5.59. The third kappa shape index (κ3) is 5.21. The monoisotopic (exact) mass is 415 g/mol. The lowest BCUT2D eigenvalue weighted by Crippen LogP contribution is -2.23. The van der Waals surface area contributed by atoms with Gasteiger partial charge in [-0.25, -0.2) is 0 Å². The van der Waals surface area contributed by atoms with Crippen molar-refractivity contribution in [1.29, 1.82) is 0 Å². The van der Waals surface area contributed by atoms with Gasteiger partial charge in [-0.1, -0.05) is 53.7 Å². The summed E-state index contributed by atoms with van der Waals surface area (Å²) in [5, 5.41) is 11.7. The average Bonchev–Trinajstić information content (AvgIpc) is 3.15. The Bertz CT molecular complexity index is 988. The van der Waals surface area contributed by atoms with E-state index in [1.807, 2.05) is 25.1 Å². The van der Waals surface area contributed by atoms with E-state index in [4.69, 9.17) is 16.0 Å². The molecule has 0 fully saturated rings. The Balaban J connectivity index is 1.59. The molecule has 6 nitrogen and oxygen atoms in total. The highest BCUT2D eigenvalue weighted by Crippen LogP contribution is 2.25. The SMILES string of the molecule is CC(=O)N[C@H](C)c1ccc(C(=O)CSc2nnc(-c3cccc(Cl)c3)o2)cc1. The first kappa shape index (κ1) is 20.1. The molecule has 3 rings (SSSR count). The standard InChI is InChI=1S/C20H18ClN3O3S/c1-12(22-13(2)25)14-6-8-15(9-7-14)18(26)11-28-20-24-23-19(27-20)16-4-3-5-17(21)10-16/h3-10,12H,11H2,1-2H3,(H,22,25)/t12-/m1/s1. The van der Waals surface area contributed by atoms with Gasteiger partial charge in [-0.05, 0) is 30.7 Å². The first-order chi connectivity index (χ1) is 13.4. The van der Waals surface area contributed by atoms with Gasteiger partial charge in [-0.3, -0.25) is 9.59 Å². The molecule has 1 atom stereocenters. The highest BCUT2D eigenvalue weighted by molar-refractivity contribution is 7.99. The summed E-state index contributed by atoms with van der Waals surface area (Å²) in [5.41, 5.74) is 2.24. The van der Waals surface area contributed by atoms with Crippen LogP contribution in [-0.2, 0) is 4.79 Å². The molecule has 2 aromatic carbocycles. The summed E-state index contributed by atoms with van der Waals surface area (Å²) in [6.07, 6.45) is 0. The molecule has 1 heterocycles. The van der Waals surface area contributed by atoms with Crippen LogP contribution in [0.15, 0.2) is 58.2 Å². The highest BCUT2D eigenvalue weighted by atomic mass is 35.5. The minimum atomic E-state index is -0.112. The van der Waals surface area contributed by atoms with Crippen LogP contribution in [0.3, 0.4) is 0 Å². The molecule has 1 N–H and O–H groups in total. The van der Waals surface area contributed by atoms with Gasteiger partial charge in [-0.15, -0.1) is 10.2 Å². The second kappa shape index (κ2) is 9.03. The van der Waals surface area contributed by atoms with E-state index >= 15 is 0 Å². The van der Waals surface area contributed by atoms with Crippen LogP contribution in [0.1, 0.15) is 35.8 Å². The van der Waals surface area contributed by atoms with Gasteiger partial charge in [-0.2, -0.15) is 0 Å². The van der Waals surface area contributed by atoms with E-state index in [1.165, 1.54) is 18.7 Å². The van der Waals surface area contributed by atoms with Crippen molar-refractivity contribution in [2.75, 3.05) is 5.75 Å². The fraction of sp³-hybridized carbons (Fsp3) is 0.200.